The third kappa shape index (κ3) is 3.22. The Morgan fingerprint density at radius 2 is 1.80 bits per heavy atom. The van der Waals surface area contributed by atoms with Crippen molar-refractivity contribution in [1.82, 2.24) is 9.80 Å². The van der Waals surface area contributed by atoms with Crippen LogP contribution in [0.15, 0.2) is 24.3 Å². The molecule has 2 fully saturated rings. The average molecular weight is 274 g/mol. The molecule has 0 aromatic heterocycles. The largest absolute Gasteiger partial charge is 0.372 e. The van der Waals surface area contributed by atoms with E-state index in [0.717, 1.165) is 26.2 Å². The third-order valence-electron chi connectivity index (χ3n) is 4.75. The molecule has 0 amide bonds. The summed E-state index contributed by atoms with van der Waals surface area (Å²) in [6, 6.07) is 8.93. The highest BCUT2D eigenvalue weighted by Gasteiger charge is 2.38. The van der Waals surface area contributed by atoms with Gasteiger partial charge in [0, 0.05) is 32.7 Å². The zero-order chi connectivity index (χ0) is 14.0. The van der Waals surface area contributed by atoms with Crippen molar-refractivity contribution in [2.24, 2.45) is 0 Å². The molecule has 2 saturated heterocycles. The van der Waals surface area contributed by atoms with Gasteiger partial charge in [0.1, 0.15) is 0 Å². The van der Waals surface area contributed by atoms with Crippen LogP contribution in [0.25, 0.3) is 0 Å². The number of rotatable bonds is 2. The number of morpholine rings is 1. The van der Waals surface area contributed by atoms with Gasteiger partial charge < -0.3 is 9.64 Å². The van der Waals surface area contributed by atoms with E-state index in [4.69, 9.17) is 4.74 Å². The van der Waals surface area contributed by atoms with E-state index in [1.807, 2.05) is 0 Å². The highest BCUT2D eigenvalue weighted by molar-refractivity contribution is 5.21. The van der Waals surface area contributed by atoms with E-state index in [2.05, 4.69) is 48.0 Å². The third-order valence-corrected chi connectivity index (χ3v) is 4.75. The van der Waals surface area contributed by atoms with Crippen LogP contribution in [0.1, 0.15) is 24.0 Å². The van der Waals surface area contributed by atoms with Gasteiger partial charge in [-0.25, -0.2) is 0 Å². The number of piperidine rings is 1. The van der Waals surface area contributed by atoms with Gasteiger partial charge in [0.05, 0.1) is 12.2 Å². The van der Waals surface area contributed by atoms with Crippen LogP contribution >= 0.6 is 0 Å². The first-order valence-corrected chi connectivity index (χ1v) is 7.76. The van der Waals surface area contributed by atoms with Gasteiger partial charge in [-0.05, 0) is 32.4 Å². The second kappa shape index (κ2) is 5.84. The van der Waals surface area contributed by atoms with Crippen molar-refractivity contribution in [3.8, 4) is 0 Å². The molecule has 2 aliphatic rings. The normalized spacial score (nSPS) is 24.1. The fraction of sp³-hybridized carbons (Fsp3) is 0.647. The first kappa shape index (κ1) is 14.1. The lowest BCUT2D eigenvalue weighted by atomic mass is 9.89. The summed E-state index contributed by atoms with van der Waals surface area (Å²) in [4.78, 5) is 4.98. The zero-order valence-electron chi connectivity index (χ0n) is 12.8. The maximum Gasteiger partial charge on any atom is 0.0833 e. The summed E-state index contributed by atoms with van der Waals surface area (Å²) in [5.41, 5.74) is 2.87. The molecule has 0 bridgehead atoms. The molecular formula is C17H26N2O. The lowest BCUT2D eigenvalue weighted by molar-refractivity contribution is -0.135. The number of aryl methyl sites for hydroxylation is 1. The molecule has 20 heavy (non-hydrogen) atoms. The topological polar surface area (TPSA) is 15.7 Å². The molecule has 0 saturated carbocycles. The Bertz CT molecular complexity index is 435. The first-order valence-electron chi connectivity index (χ1n) is 7.76. The molecule has 3 nitrogen and oxygen atoms in total. The zero-order valence-corrected chi connectivity index (χ0v) is 12.8. The smallest absolute Gasteiger partial charge is 0.0833 e. The number of nitrogens with zero attached hydrogens (tertiary/aromatic N) is 2. The van der Waals surface area contributed by atoms with Crippen LogP contribution in [0.2, 0.25) is 0 Å². The van der Waals surface area contributed by atoms with Crippen LogP contribution in [0.4, 0.5) is 0 Å². The summed E-state index contributed by atoms with van der Waals surface area (Å²) in [6.45, 7) is 8.57. The van der Waals surface area contributed by atoms with Gasteiger partial charge in [0.25, 0.3) is 0 Å². The van der Waals surface area contributed by atoms with Gasteiger partial charge in [-0.2, -0.15) is 0 Å². The van der Waals surface area contributed by atoms with E-state index in [0.29, 0.717) is 0 Å². The molecule has 2 heterocycles. The minimum Gasteiger partial charge on any atom is -0.372 e. The number of hydrogen-bond donors (Lipinski definition) is 0. The fourth-order valence-electron chi connectivity index (χ4n) is 3.34. The minimum absolute atomic E-state index is 0.120. The average Bonchev–Trinajstić information content (AvgIpc) is 2.45. The Balaban J connectivity index is 1.62. The SMILES string of the molecule is Cc1ccc(CN2CCOC3(CCN(C)CC3)C2)cc1. The van der Waals surface area contributed by atoms with E-state index in [9.17, 15) is 0 Å². The standard InChI is InChI=1S/C17H26N2O/c1-15-3-5-16(6-4-15)13-19-11-12-20-17(14-19)7-9-18(2)10-8-17/h3-6H,7-14H2,1-2H3. The molecule has 2 aliphatic heterocycles. The quantitative estimate of drug-likeness (QED) is 0.823. The van der Waals surface area contributed by atoms with E-state index in [1.54, 1.807) is 0 Å². The lowest BCUT2D eigenvalue weighted by Gasteiger charge is -2.46. The van der Waals surface area contributed by atoms with Gasteiger partial charge in [-0.15, -0.1) is 0 Å². The van der Waals surface area contributed by atoms with Crippen molar-refractivity contribution in [2.45, 2.75) is 31.9 Å². The molecule has 0 radical (unpaired) electrons. The summed E-state index contributed by atoms with van der Waals surface area (Å²) in [5, 5.41) is 0. The molecule has 1 aromatic carbocycles. The molecule has 3 heteroatoms. The monoisotopic (exact) mass is 274 g/mol. The molecule has 0 unspecified atom stereocenters. The molecular weight excluding hydrogens is 248 g/mol. The summed E-state index contributed by atoms with van der Waals surface area (Å²) in [5.74, 6) is 0. The van der Waals surface area contributed by atoms with Crippen LogP contribution in [-0.4, -0.2) is 55.2 Å². The molecule has 1 spiro atoms. The van der Waals surface area contributed by atoms with Crippen molar-refractivity contribution >= 4 is 0 Å². The highest BCUT2D eigenvalue weighted by Crippen LogP contribution is 2.30. The van der Waals surface area contributed by atoms with Crippen LogP contribution in [-0.2, 0) is 11.3 Å². The van der Waals surface area contributed by atoms with E-state index in [1.165, 1.54) is 37.1 Å². The molecule has 0 aliphatic carbocycles. The van der Waals surface area contributed by atoms with Gasteiger partial charge in [0.2, 0.25) is 0 Å². The number of benzene rings is 1. The maximum atomic E-state index is 6.17. The Hall–Kier alpha value is -0.900. The second-order valence-electron chi connectivity index (χ2n) is 6.53. The Labute approximate surface area is 122 Å². The number of ether oxygens (including phenoxy) is 1. The molecule has 1 aromatic rings. The van der Waals surface area contributed by atoms with E-state index >= 15 is 0 Å². The lowest BCUT2D eigenvalue weighted by Crippen LogP contribution is -2.56. The predicted molar refractivity (Wildman–Crippen MR) is 81.9 cm³/mol. The summed E-state index contributed by atoms with van der Waals surface area (Å²) < 4.78 is 6.17. The highest BCUT2D eigenvalue weighted by atomic mass is 16.5. The summed E-state index contributed by atoms with van der Waals surface area (Å²) in [7, 11) is 2.21. The van der Waals surface area contributed by atoms with Crippen LogP contribution in [0, 0.1) is 6.92 Å². The van der Waals surface area contributed by atoms with Crippen molar-refractivity contribution in [3.63, 3.8) is 0 Å². The molecule has 110 valence electrons. The van der Waals surface area contributed by atoms with E-state index < -0.39 is 0 Å². The van der Waals surface area contributed by atoms with Gasteiger partial charge in [0.15, 0.2) is 0 Å². The number of likely N-dealkylation sites (tertiary alicyclic amines) is 1. The van der Waals surface area contributed by atoms with Crippen molar-refractivity contribution in [3.05, 3.63) is 35.4 Å². The fourth-order valence-corrected chi connectivity index (χ4v) is 3.34. The predicted octanol–water partition coefficient (Wildman–Crippen LogP) is 2.29. The first-order chi connectivity index (χ1) is 9.65. The van der Waals surface area contributed by atoms with Gasteiger partial charge in [-0.3, -0.25) is 4.90 Å². The summed E-state index contributed by atoms with van der Waals surface area (Å²) >= 11 is 0. The Morgan fingerprint density at radius 1 is 1.10 bits per heavy atom. The number of hydrogen-bond acceptors (Lipinski definition) is 3. The summed E-state index contributed by atoms with van der Waals surface area (Å²) in [6.07, 6.45) is 2.35. The Morgan fingerprint density at radius 3 is 2.50 bits per heavy atom. The van der Waals surface area contributed by atoms with Crippen LogP contribution in [0.3, 0.4) is 0 Å². The van der Waals surface area contributed by atoms with Crippen molar-refractivity contribution < 1.29 is 4.74 Å². The van der Waals surface area contributed by atoms with Crippen LogP contribution < -0.4 is 0 Å². The molecule has 0 atom stereocenters. The second-order valence-corrected chi connectivity index (χ2v) is 6.53. The van der Waals surface area contributed by atoms with Crippen molar-refractivity contribution in [1.29, 1.82) is 0 Å². The Kier molecular flexibility index (Phi) is 4.11. The van der Waals surface area contributed by atoms with Crippen molar-refractivity contribution in [2.75, 3.05) is 39.8 Å². The van der Waals surface area contributed by atoms with E-state index in [-0.39, 0.29) is 5.60 Å². The van der Waals surface area contributed by atoms with Crippen LogP contribution in [0.5, 0.6) is 0 Å². The van der Waals surface area contributed by atoms with Gasteiger partial charge >= 0.3 is 0 Å². The molecule has 3 rings (SSSR count). The molecule has 0 N–H and O–H groups in total. The minimum atomic E-state index is 0.120. The maximum absolute atomic E-state index is 6.17. The van der Waals surface area contributed by atoms with Gasteiger partial charge in [-0.1, -0.05) is 29.8 Å².